The fourth-order valence-corrected chi connectivity index (χ4v) is 2.40. The lowest BCUT2D eigenvalue weighted by Gasteiger charge is -2.34. The Bertz CT molecular complexity index is 428. The van der Waals surface area contributed by atoms with Gasteiger partial charge in [-0.2, -0.15) is 0 Å². The number of rotatable bonds is 5. The lowest BCUT2D eigenvalue weighted by atomic mass is 10.1. The van der Waals surface area contributed by atoms with Gasteiger partial charge in [-0.1, -0.05) is 6.92 Å². The third kappa shape index (κ3) is 3.22. The van der Waals surface area contributed by atoms with Crippen molar-refractivity contribution in [1.29, 1.82) is 0 Å². The van der Waals surface area contributed by atoms with E-state index < -0.39 is 0 Å². The smallest absolute Gasteiger partial charge is 0.228 e. The van der Waals surface area contributed by atoms with Crippen molar-refractivity contribution in [2.45, 2.75) is 45.9 Å². The van der Waals surface area contributed by atoms with Crippen molar-refractivity contribution >= 4 is 5.78 Å². The van der Waals surface area contributed by atoms with Crippen LogP contribution in [0.3, 0.4) is 0 Å². The van der Waals surface area contributed by atoms with E-state index >= 15 is 0 Å². The highest BCUT2D eigenvalue weighted by Crippen LogP contribution is 2.13. The average molecular weight is 265 g/mol. The highest BCUT2D eigenvalue weighted by molar-refractivity contribution is 5.96. The van der Waals surface area contributed by atoms with Gasteiger partial charge in [0.25, 0.3) is 0 Å². The number of morpholine rings is 1. The van der Waals surface area contributed by atoms with Crippen LogP contribution in [0.15, 0.2) is 12.4 Å². The average Bonchev–Trinajstić information content (AvgIpc) is 2.86. The second-order valence-electron chi connectivity index (χ2n) is 5.26. The third-order valence-electron chi connectivity index (χ3n) is 3.52. The van der Waals surface area contributed by atoms with Crippen molar-refractivity contribution in [2.75, 3.05) is 19.7 Å². The summed E-state index contributed by atoms with van der Waals surface area (Å²) >= 11 is 0. The SMILES string of the molecule is CCCn1ccnc1C(=O)C1CN(C(C)C)CCO1. The minimum absolute atomic E-state index is 0.00352. The molecule has 0 amide bonds. The molecule has 0 aliphatic carbocycles. The van der Waals surface area contributed by atoms with Gasteiger partial charge in [0.2, 0.25) is 5.78 Å². The molecular weight excluding hydrogens is 242 g/mol. The Balaban J connectivity index is 2.08. The van der Waals surface area contributed by atoms with E-state index in [4.69, 9.17) is 4.74 Å². The van der Waals surface area contributed by atoms with Crippen LogP contribution in [0, 0.1) is 0 Å². The predicted molar refractivity (Wildman–Crippen MR) is 73.3 cm³/mol. The van der Waals surface area contributed by atoms with Gasteiger partial charge in [0.15, 0.2) is 5.82 Å². The molecule has 106 valence electrons. The quantitative estimate of drug-likeness (QED) is 0.758. The van der Waals surface area contributed by atoms with E-state index in [2.05, 4.69) is 30.7 Å². The molecule has 2 heterocycles. The molecule has 5 nitrogen and oxygen atoms in total. The molecule has 1 aromatic heterocycles. The van der Waals surface area contributed by atoms with Crippen molar-refractivity contribution in [2.24, 2.45) is 0 Å². The molecule has 0 bridgehead atoms. The van der Waals surface area contributed by atoms with Crippen LogP contribution in [0.5, 0.6) is 0 Å². The summed E-state index contributed by atoms with van der Waals surface area (Å²) in [5.74, 6) is 0.529. The number of ether oxygens (including phenoxy) is 1. The molecule has 0 spiro atoms. The van der Waals surface area contributed by atoms with Crippen molar-refractivity contribution in [3.05, 3.63) is 18.2 Å². The van der Waals surface area contributed by atoms with Crippen molar-refractivity contribution in [1.82, 2.24) is 14.5 Å². The van der Waals surface area contributed by atoms with Crippen LogP contribution in [-0.2, 0) is 11.3 Å². The van der Waals surface area contributed by atoms with Crippen LogP contribution in [0.2, 0.25) is 0 Å². The first-order valence-electron chi connectivity index (χ1n) is 7.04. The van der Waals surface area contributed by atoms with E-state index in [0.29, 0.717) is 25.0 Å². The number of aryl methyl sites for hydroxylation is 1. The number of Topliss-reactive ketones (excluding diaryl/α,β-unsaturated/α-hetero) is 1. The van der Waals surface area contributed by atoms with Crippen LogP contribution >= 0.6 is 0 Å². The monoisotopic (exact) mass is 265 g/mol. The third-order valence-corrected chi connectivity index (χ3v) is 3.52. The molecule has 5 heteroatoms. The maximum Gasteiger partial charge on any atom is 0.228 e. The summed E-state index contributed by atoms with van der Waals surface area (Å²) in [5, 5.41) is 0. The number of ketones is 1. The summed E-state index contributed by atoms with van der Waals surface area (Å²) in [6.45, 7) is 9.37. The van der Waals surface area contributed by atoms with Crippen molar-refractivity contribution in [3.63, 3.8) is 0 Å². The Kier molecular flexibility index (Phi) is 4.71. The van der Waals surface area contributed by atoms with Gasteiger partial charge in [0.1, 0.15) is 6.10 Å². The fourth-order valence-electron chi connectivity index (χ4n) is 2.40. The first-order valence-corrected chi connectivity index (χ1v) is 7.04. The van der Waals surface area contributed by atoms with Crippen LogP contribution in [-0.4, -0.2) is 52.1 Å². The Labute approximate surface area is 114 Å². The van der Waals surface area contributed by atoms with Gasteiger partial charge in [-0.3, -0.25) is 9.69 Å². The van der Waals surface area contributed by atoms with Gasteiger partial charge in [0, 0.05) is 38.1 Å². The number of hydrogen-bond acceptors (Lipinski definition) is 4. The molecular formula is C14H23N3O2. The van der Waals surface area contributed by atoms with Crippen LogP contribution in [0.4, 0.5) is 0 Å². The standard InChI is InChI=1S/C14H23N3O2/c1-4-6-16-7-5-15-14(16)13(18)12-10-17(11(2)3)8-9-19-12/h5,7,11-12H,4,6,8-10H2,1-3H3. The summed E-state index contributed by atoms with van der Waals surface area (Å²) < 4.78 is 7.55. The van der Waals surface area contributed by atoms with Gasteiger partial charge >= 0.3 is 0 Å². The van der Waals surface area contributed by atoms with E-state index in [-0.39, 0.29) is 11.9 Å². The minimum Gasteiger partial charge on any atom is -0.367 e. The van der Waals surface area contributed by atoms with Gasteiger partial charge in [-0.15, -0.1) is 0 Å². The molecule has 1 unspecified atom stereocenters. The zero-order valence-corrected chi connectivity index (χ0v) is 12.0. The van der Waals surface area contributed by atoms with Crippen molar-refractivity contribution in [3.8, 4) is 0 Å². The number of imidazole rings is 1. The molecule has 2 rings (SSSR count). The molecule has 1 aliphatic heterocycles. The normalized spacial score (nSPS) is 20.9. The van der Waals surface area contributed by atoms with E-state index in [9.17, 15) is 4.79 Å². The summed E-state index contributed by atoms with van der Waals surface area (Å²) in [5.41, 5.74) is 0. The Hall–Kier alpha value is -1.20. The maximum absolute atomic E-state index is 12.5. The summed E-state index contributed by atoms with van der Waals surface area (Å²) in [4.78, 5) is 19.0. The van der Waals surface area contributed by atoms with E-state index in [1.807, 2.05) is 10.8 Å². The molecule has 1 aromatic rings. The van der Waals surface area contributed by atoms with Gasteiger partial charge in [-0.05, 0) is 20.3 Å². The first-order chi connectivity index (χ1) is 9.13. The molecule has 1 saturated heterocycles. The summed E-state index contributed by atoms with van der Waals surface area (Å²) in [6.07, 6.45) is 4.15. The summed E-state index contributed by atoms with van der Waals surface area (Å²) in [6, 6.07) is 0.439. The topological polar surface area (TPSA) is 47.4 Å². The molecule has 0 radical (unpaired) electrons. The number of aromatic nitrogens is 2. The Morgan fingerprint density at radius 3 is 3.05 bits per heavy atom. The predicted octanol–water partition coefficient (Wildman–Crippen LogP) is 1.58. The van der Waals surface area contributed by atoms with Crippen molar-refractivity contribution < 1.29 is 9.53 Å². The Morgan fingerprint density at radius 2 is 2.37 bits per heavy atom. The number of nitrogens with zero attached hydrogens (tertiary/aromatic N) is 3. The number of hydrogen-bond donors (Lipinski definition) is 0. The summed E-state index contributed by atoms with van der Waals surface area (Å²) in [7, 11) is 0. The minimum atomic E-state index is -0.380. The molecule has 0 N–H and O–H groups in total. The maximum atomic E-state index is 12.5. The molecule has 19 heavy (non-hydrogen) atoms. The molecule has 0 saturated carbocycles. The van der Waals surface area contributed by atoms with E-state index in [0.717, 1.165) is 19.5 Å². The molecule has 0 aromatic carbocycles. The molecule has 1 atom stereocenters. The lowest BCUT2D eigenvalue weighted by molar-refractivity contribution is -0.0262. The largest absolute Gasteiger partial charge is 0.367 e. The van der Waals surface area contributed by atoms with Crippen LogP contribution < -0.4 is 0 Å². The van der Waals surface area contributed by atoms with E-state index in [1.165, 1.54) is 0 Å². The van der Waals surface area contributed by atoms with Gasteiger partial charge in [-0.25, -0.2) is 4.98 Å². The van der Waals surface area contributed by atoms with E-state index in [1.54, 1.807) is 6.20 Å². The highest BCUT2D eigenvalue weighted by atomic mass is 16.5. The lowest BCUT2D eigenvalue weighted by Crippen LogP contribution is -2.49. The van der Waals surface area contributed by atoms with Crippen LogP contribution in [0.1, 0.15) is 37.8 Å². The zero-order valence-electron chi connectivity index (χ0n) is 12.0. The Morgan fingerprint density at radius 1 is 1.58 bits per heavy atom. The number of carbonyl (C=O) groups excluding carboxylic acids is 1. The van der Waals surface area contributed by atoms with Gasteiger partial charge in [0.05, 0.1) is 6.61 Å². The zero-order chi connectivity index (χ0) is 13.8. The van der Waals surface area contributed by atoms with Gasteiger partial charge < -0.3 is 9.30 Å². The van der Waals surface area contributed by atoms with Crippen LogP contribution in [0.25, 0.3) is 0 Å². The second kappa shape index (κ2) is 6.30. The number of carbonyl (C=O) groups is 1. The fraction of sp³-hybridized carbons (Fsp3) is 0.714. The second-order valence-corrected chi connectivity index (χ2v) is 5.26. The highest BCUT2D eigenvalue weighted by Gasteiger charge is 2.30. The molecule has 1 aliphatic rings. The first kappa shape index (κ1) is 14.2. The molecule has 1 fully saturated rings.